The third-order valence-corrected chi connectivity index (χ3v) is 4.10. The Morgan fingerprint density at radius 2 is 2.00 bits per heavy atom. The van der Waals surface area contributed by atoms with Gasteiger partial charge in [-0.25, -0.2) is 0 Å². The highest BCUT2D eigenvalue weighted by molar-refractivity contribution is 7.19. The van der Waals surface area contributed by atoms with Gasteiger partial charge >= 0.3 is 0 Å². The summed E-state index contributed by atoms with van der Waals surface area (Å²) in [6.07, 6.45) is 0.234. The van der Waals surface area contributed by atoms with E-state index < -0.39 is 5.90 Å². The molecule has 2 nitrogen and oxygen atoms in total. The SMILES string of the molecule is CC(C)c1sc2ccccc2c1CC(=N)[O-].Cl. The smallest absolute Gasteiger partial charge is 0.0348 e. The average Bonchev–Trinajstić information content (AvgIpc) is 2.57. The Morgan fingerprint density at radius 1 is 1.35 bits per heavy atom. The van der Waals surface area contributed by atoms with E-state index in [1.54, 1.807) is 11.3 Å². The van der Waals surface area contributed by atoms with Crippen molar-refractivity contribution < 1.29 is 5.11 Å². The number of hydrogen-bond acceptors (Lipinski definition) is 3. The molecule has 0 amide bonds. The van der Waals surface area contributed by atoms with Crippen LogP contribution >= 0.6 is 23.7 Å². The Hall–Kier alpha value is -1.06. The second-order valence-electron chi connectivity index (χ2n) is 4.20. The topological polar surface area (TPSA) is 46.9 Å². The minimum atomic E-state index is -0.509. The zero-order chi connectivity index (χ0) is 11.7. The molecule has 1 N–H and O–H groups in total. The van der Waals surface area contributed by atoms with Gasteiger partial charge < -0.3 is 10.5 Å². The van der Waals surface area contributed by atoms with Gasteiger partial charge in [0.1, 0.15) is 0 Å². The molecule has 0 saturated heterocycles. The first-order valence-corrected chi connectivity index (χ1v) is 6.16. The molecule has 0 aliphatic heterocycles. The van der Waals surface area contributed by atoms with E-state index in [1.807, 2.05) is 18.2 Å². The Bertz CT molecular complexity index is 533. The minimum Gasteiger partial charge on any atom is -0.862 e. The van der Waals surface area contributed by atoms with Crippen LogP contribution in [0.4, 0.5) is 0 Å². The normalized spacial score (nSPS) is 10.5. The highest BCUT2D eigenvalue weighted by Gasteiger charge is 2.13. The molecule has 0 spiro atoms. The van der Waals surface area contributed by atoms with Crippen molar-refractivity contribution in [3.05, 3.63) is 34.7 Å². The Balaban J connectivity index is 0.00000144. The predicted octanol–water partition coefficient (Wildman–Crippen LogP) is 3.33. The van der Waals surface area contributed by atoms with E-state index in [1.165, 1.54) is 9.58 Å². The first kappa shape index (κ1) is 14.0. The van der Waals surface area contributed by atoms with Crippen LogP contribution in [0, 0.1) is 5.41 Å². The largest absolute Gasteiger partial charge is 0.862 e. The van der Waals surface area contributed by atoms with Crippen molar-refractivity contribution in [3.63, 3.8) is 0 Å². The fourth-order valence-electron chi connectivity index (χ4n) is 1.93. The van der Waals surface area contributed by atoms with Gasteiger partial charge in [0.2, 0.25) is 0 Å². The molecule has 2 aromatic rings. The number of benzene rings is 1. The van der Waals surface area contributed by atoms with Gasteiger partial charge in [0.05, 0.1) is 0 Å². The molecule has 0 unspecified atom stereocenters. The number of rotatable bonds is 3. The van der Waals surface area contributed by atoms with Gasteiger partial charge in [0.25, 0.3) is 0 Å². The molecule has 0 bridgehead atoms. The molecule has 17 heavy (non-hydrogen) atoms. The molecule has 0 aliphatic rings. The average molecular weight is 269 g/mol. The summed E-state index contributed by atoms with van der Waals surface area (Å²) in [5, 5.41) is 19.3. The van der Waals surface area contributed by atoms with Crippen molar-refractivity contribution in [2.24, 2.45) is 0 Å². The number of fused-ring (bicyclic) bond motifs is 1. The predicted molar refractivity (Wildman–Crippen MR) is 74.6 cm³/mol. The van der Waals surface area contributed by atoms with Crippen molar-refractivity contribution in [2.75, 3.05) is 0 Å². The van der Waals surface area contributed by atoms with Crippen molar-refractivity contribution in [1.82, 2.24) is 0 Å². The molecule has 1 aromatic carbocycles. The van der Waals surface area contributed by atoms with Gasteiger partial charge in [-0.05, 0) is 28.8 Å². The number of hydrogen-bond donors (Lipinski definition) is 1. The summed E-state index contributed by atoms with van der Waals surface area (Å²) in [4.78, 5) is 1.24. The van der Waals surface area contributed by atoms with Gasteiger partial charge in [-0.2, -0.15) is 0 Å². The molecule has 0 fully saturated rings. The lowest BCUT2D eigenvalue weighted by Gasteiger charge is -2.10. The van der Waals surface area contributed by atoms with Gasteiger partial charge in [-0.15, -0.1) is 23.7 Å². The van der Waals surface area contributed by atoms with Crippen LogP contribution in [0.25, 0.3) is 10.1 Å². The molecule has 0 saturated carbocycles. The monoisotopic (exact) mass is 268 g/mol. The van der Waals surface area contributed by atoms with Gasteiger partial charge in [0, 0.05) is 16.0 Å². The quantitative estimate of drug-likeness (QED) is 0.674. The summed E-state index contributed by atoms with van der Waals surface area (Å²) in [5.41, 5.74) is 1.05. The summed E-state index contributed by atoms with van der Waals surface area (Å²) in [5.74, 6) is -0.0998. The standard InChI is InChI=1S/C13H15NOS.ClH/c1-8(2)13-10(7-12(14)15)9-5-3-4-6-11(9)16-13;/h3-6,8H,7H2,1-2H3,(H2,14,15);1H/p-1. The van der Waals surface area contributed by atoms with Crippen molar-refractivity contribution in [3.8, 4) is 0 Å². The first-order valence-electron chi connectivity index (χ1n) is 5.34. The van der Waals surface area contributed by atoms with E-state index in [0.29, 0.717) is 5.92 Å². The van der Waals surface area contributed by atoms with Crippen molar-refractivity contribution in [2.45, 2.75) is 26.2 Å². The summed E-state index contributed by atoms with van der Waals surface area (Å²) < 4.78 is 1.21. The van der Waals surface area contributed by atoms with Gasteiger partial charge in [-0.1, -0.05) is 32.0 Å². The third-order valence-electron chi connectivity index (χ3n) is 2.59. The van der Waals surface area contributed by atoms with Crippen LogP contribution in [-0.4, -0.2) is 5.90 Å². The van der Waals surface area contributed by atoms with E-state index in [4.69, 9.17) is 5.41 Å². The summed E-state index contributed by atoms with van der Waals surface area (Å²) in [6, 6.07) is 8.10. The van der Waals surface area contributed by atoms with Crippen LogP contribution in [0.1, 0.15) is 30.2 Å². The number of halogens is 1. The van der Waals surface area contributed by atoms with E-state index in [9.17, 15) is 5.11 Å². The summed E-state index contributed by atoms with van der Waals surface area (Å²) >= 11 is 1.74. The fraction of sp³-hybridized carbons (Fsp3) is 0.308. The van der Waals surface area contributed by atoms with E-state index in [2.05, 4.69) is 19.9 Å². The zero-order valence-corrected chi connectivity index (χ0v) is 11.5. The summed E-state index contributed by atoms with van der Waals surface area (Å²) in [7, 11) is 0. The van der Waals surface area contributed by atoms with E-state index in [-0.39, 0.29) is 18.8 Å². The lowest BCUT2D eigenvalue weighted by atomic mass is 10.0. The molecule has 0 radical (unpaired) electrons. The van der Waals surface area contributed by atoms with Gasteiger partial charge in [0.15, 0.2) is 0 Å². The first-order chi connectivity index (χ1) is 7.59. The van der Waals surface area contributed by atoms with E-state index >= 15 is 0 Å². The van der Waals surface area contributed by atoms with Crippen LogP contribution in [0.15, 0.2) is 24.3 Å². The Kier molecular flexibility index (Phi) is 4.54. The second kappa shape index (κ2) is 5.52. The van der Waals surface area contributed by atoms with Crippen molar-refractivity contribution >= 4 is 39.7 Å². The molecule has 92 valence electrons. The maximum absolute atomic E-state index is 11.0. The summed E-state index contributed by atoms with van der Waals surface area (Å²) in [6.45, 7) is 4.26. The number of nitrogens with one attached hydrogen (secondary N) is 1. The minimum absolute atomic E-state index is 0. The Labute approximate surface area is 111 Å². The van der Waals surface area contributed by atoms with Crippen LogP contribution < -0.4 is 5.11 Å². The van der Waals surface area contributed by atoms with Gasteiger partial charge in [-0.3, -0.25) is 0 Å². The third kappa shape index (κ3) is 2.79. The molecule has 1 aromatic heterocycles. The van der Waals surface area contributed by atoms with Crippen LogP contribution in [0.3, 0.4) is 0 Å². The zero-order valence-electron chi connectivity index (χ0n) is 9.82. The maximum atomic E-state index is 11.0. The lowest BCUT2D eigenvalue weighted by molar-refractivity contribution is -0.219. The van der Waals surface area contributed by atoms with E-state index in [0.717, 1.165) is 10.9 Å². The molecular formula is C13H15ClNOS-. The molecule has 1 heterocycles. The lowest BCUT2D eigenvalue weighted by Crippen LogP contribution is -2.18. The van der Waals surface area contributed by atoms with Crippen molar-refractivity contribution in [1.29, 1.82) is 5.41 Å². The van der Waals surface area contributed by atoms with Crippen LogP contribution in [0.2, 0.25) is 0 Å². The molecule has 4 heteroatoms. The highest BCUT2D eigenvalue weighted by Crippen LogP contribution is 2.36. The maximum Gasteiger partial charge on any atom is 0.0348 e. The molecule has 2 rings (SSSR count). The highest BCUT2D eigenvalue weighted by atomic mass is 35.5. The molecular weight excluding hydrogens is 254 g/mol. The molecule has 0 atom stereocenters. The van der Waals surface area contributed by atoms with Crippen LogP contribution in [-0.2, 0) is 6.42 Å². The van der Waals surface area contributed by atoms with Crippen LogP contribution in [0.5, 0.6) is 0 Å². The molecule has 0 aliphatic carbocycles. The number of thiophene rings is 1. The Morgan fingerprint density at radius 3 is 2.59 bits per heavy atom. The second-order valence-corrected chi connectivity index (χ2v) is 5.28. The fourth-order valence-corrected chi connectivity index (χ4v) is 3.15.